The van der Waals surface area contributed by atoms with Crippen molar-refractivity contribution in [2.75, 3.05) is 19.9 Å². The summed E-state index contributed by atoms with van der Waals surface area (Å²) in [7, 11) is 0. The van der Waals surface area contributed by atoms with Gasteiger partial charge in [-0.1, -0.05) is 26.8 Å². The van der Waals surface area contributed by atoms with E-state index in [1.807, 2.05) is 18.2 Å². The summed E-state index contributed by atoms with van der Waals surface area (Å²) in [6, 6.07) is 5.86. The van der Waals surface area contributed by atoms with Gasteiger partial charge in [-0.2, -0.15) is 0 Å². The molecule has 1 aliphatic heterocycles. The third-order valence-electron chi connectivity index (χ3n) is 4.98. The second-order valence-corrected chi connectivity index (χ2v) is 7.59. The molecule has 6 heteroatoms. The molecule has 0 aromatic heterocycles. The Labute approximate surface area is 148 Å². The minimum atomic E-state index is -0.233. The fourth-order valence-electron chi connectivity index (χ4n) is 2.95. The van der Waals surface area contributed by atoms with Crippen molar-refractivity contribution < 1.29 is 19.1 Å². The molecule has 2 aliphatic rings. The summed E-state index contributed by atoms with van der Waals surface area (Å²) in [5.41, 5.74) is 0.844. The molecule has 0 saturated heterocycles. The maximum absolute atomic E-state index is 12.0. The zero-order chi connectivity index (χ0) is 18.0. The second kappa shape index (κ2) is 6.94. The first-order chi connectivity index (χ1) is 11.9. The molecule has 2 atom stereocenters. The normalized spacial score (nSPS) is 20.9. The van der Waals surface area contributed by atoms with Crippen molar-refractivity contribution in [1.82, 2.24) is 10.6 Å². The van der Waals surface area contributed by atoms with Crippen molar-refractivity contribution in [1.29, 1.82) is 0 Å². The van der Waals surface area contributed by atoms with Crippen molar-refractivity contribution >= 4 is 11.8 Å². The number of rotatable bonds is 7. The summed E-state index contributed by atoms with van der Waals surface area (Å²) in [5, 5.41) is 5.79. The lowest BCUT2D eigenvalue weighted by Crippen LogP contribution is -2.38. The number of hydrogen-bond donors (Lipinski definition) is 2. The first-order valence-corrected chi connectivity index (χ1v) is 8.81. The fraction of sp³-hybridized carbons (Fsp3) is 0.579. The zero-order valence-corrected chi connectivity index (χ0v) is 15.1. The van der Waals surface area contributed by atoms with E-state index in [1.165, 1.54) is 0 Å². The van der Waals surface area contributed by atoms with Gasteiger partial charge >= 0.3 is 0 Å². The number of ether oxygens (including phenoxy) is 2. The highest BCUT2D eigenvalue weighted by molar-refractivity contribution is 5.82. The Hall–Kier alpha value is -2.24. The lowest BCUT2D eigenvalue weighted by molar-refractivity contribution is -0.123. The van der Waals surface area contributed by atoms with Crippen molar-refractivity contribution in [2.45, 2.75) is 39.0 Å². The first-order valence-electron chi connectivity index (χ1n) is 8.81. The molecule has 0 radical (unpaired) electrons. The van der Waals surface area contributed by atoms with Gasteiger partial charge in [0.15, 0.2) is 11.5 Å². The van der Waals surface area contributed by atoms with Gasteiger partial charge in [-0.25, -0.2) is 0 Å². The molecule has 1 aromatic carbocycles. The third kappa shape index (κ3) is 4.24. The number of benzene rings is 1. The van der Waals surface area contributed by atoms with Crippen LogP contribution in [-0.4, -0.2) is 31.7 Å². The van der Waals surface area contributed by atoms with Crippen LogP contribution in [0.1, 0.15) is 39.2 Å². The average molecular weight is 346 g/mol. The number of carbonyl (C=O) groups excluding carboxylic acids is 2. The molecular weight excluding hydrogens is 320 g/mol. The van der Waals surface area contributed by atoms with Gasteiger partial charge in [-0.15, -0.1) is 0 Å². The number of amides is 2. The summed E-state index contributed by atoms with van der Waals surface area (Å²) in [5.74, 6) is 2.14. The summed E-state index contributed by atoms with van der Waals surface area (Å²) < 4.78 is 10.7. The van der Waals surface area contributed by atoms with Crippen LogP contribution in [0.25, 0.3) is 0 Å². The van der Waals surface area contributed by atoms with E-state index in [0.717, 1.165) is 23.5 Å². The zero-order valence-electron chi connectivity index (χ0n) is 15.1. The lowest BCUT2D eigenvalue weighted by Gasteiger charge is -2.26. The minimum Gasteiger partial charge on any atom is -0.454 e. The monoisotopic (exact) mass is 346 g/mol. The van der Waals surface area contributed by atoms with Gasteiger partial charge in [0, 0.05) is 30.8 Å². The van der Waals surface area contributed by atoms with Crippen molar-refractivity contribution in [3.8, 4) is 11.5 Å². The van der Waals surface area contributed by atoms with Gasteiger partial charge in [0.05, 0.1) is 0 Å². The van der Waals surface area contributed by atoms with E-state index in [0.29, 0.717) is 25.4 Å². The molecule has 2 amide bonds. The van der Waals surface area contributed by atoms with E-state index in [9.17, 15) is 9.59 Å². The number of nitrogens with one attached hydrogen (secondary N) is 2. The Morgan fingerprint density at radius 3 is 2.64 bits per heavy atom. The van der Waals surface area contributed by atoms with E-state index in [-0.39, 0.29) is 29.9 Å². The van der Waals surface area contributed by atoms with Crippen LogP contribution >= 0.6 is 0 Å². The van der Waals surface area contributed by atoms with Crippen LogP contribution in [0.15, 0.2) is 18.2 Å². The van der Waals surface area contributed by atoms with Crippen LogP contribution in [0.5, 0.6) is 11.5 Å². The predicted octanol–water partition coefficient (Wildman–Crippen LogP) is 1.97. The molecule has 25 heavy (non-hydrogen) atoms. The Morgan fingerprint density at radius 1 is 1.20 bits per heavy atom. The van der Waals surface area contributed by atoms with Crippen LogP contribution in [0.2, 0.25) is 0 Å². The third-order valence-corrected chi connectivity index (χ3v) is 4.98. The van der Waals surface area contributed by atoms with Gasteiger partial charge < -0.3 is 20.1 Å². The van der Waals surface area contributed by atoms with Gasteiger partial charge in [0.2, 0.25) is 18.6 Å². The van der Waals surface area contributed by atoms with E-state index in [2.05, 4.69) is 31.4 Å². The summed E-state index contributed by atoms with van der Waals surface area (Å²) in [6.07, 6.45) is 1.26. The highest BCUT2D eigenvalue weighted by Crippen LogP contribution is 2.37. The molecule has 6 nitrogen and oxygen atoms in total. The highest BCUT2D eigenvalue weighted by atomic mass is 16.7. The number of carbonyl (C=O) groups is 2. The van der Waals surface area contributed by atoms with Crippen molar-refractivity contribution in [3.05, 3.63) is 23.8 Å². The molecule has 2 N–H and O–H groups in total. The molecular formula is C19H26N2O4. The van der Waals surface area contributed by atoms with Crippen LogP contribution in [0.3, 0.4) is 0 Å². The molecule has 1 aromatic rings. The molecule has 1 fully saturated rings. The van der Waals surface area contributed by atoms with E-state index in [1.54, 1.807) is 0 Å². The molecule has 2 unspecified atom stereocenters. The second-order valence-electron chi connectivity index (χ2n) is 7.59. The van der Waals surface area contributed by atoms with Crippen LogP contribution in [0.4, 0.5) is 0 Å². The summed E-state index contributed by atoms with van der Waals surface area (Å²) in [6.45, 7) is 7.36. The molecule has 0 bridgehead atoms. The standard InChI is InChI=1S/C19H26N2O4/c1-12-8-14(12)18(23)20-7-6-17(22)21-10-19(2,3)13-4-5-15-16(9-13)25-11-24-15/h4-5,9,12,14H,6-8,10-11H2,1-3H3,(H,20,23)(H,21,22). The van der Waals surface area contributed by atoms with E-state index in [4.69, 9.17) is 9.47 Å². The summed E-state index contributed by atoms with van der Waals surface area (Å²) in [4.78, 5) is 23.8. The topological polar surface area (TPSA) is 76.7 Å². The smallest absolute Gasteiger partial charge is 0.231 e. The van der Waals surface area contributed by atoms with E-state index >= 15 is 0 Å². The molecule has 3 rings (SSSR count). The van der Waals surface area contributed by atoms with Gasteiger partial charge in [0.1, 0.15) is 0 Å². The minimum absolute atomic E-state index is 0.0574. The average Bonchev–Trinajstić information content (AvgIpc) is 3.12. The molecule has 1 aliphatic carbocycles. The molecule has 136 valence electrons. The quantitative estimate of drug-likeness (QED) is 0.791. The van der Waals surface area contributed by atoms with Crippen molar-refractivity contribution in [2.24, 2.45) is 11.8 Å². The maximum atomic E-state index is 12.0. The Balaban J connectivity index is 1.43. The van der Waals surface area contributed by atoms with Crippen LogP contribution < -0.4 is 20.1 Å². The molecule has 0 spiro atoms. The Bertz CT molecular complexity index is 671. The van der Waals surface area contributed by atoms with Gasteiger partial charge in [0.25, 0.3) is 0 Å². The SMILES string of the molecule is CC1CC1C(=O)NCCC(=O)NCC(C)(C)c1ccc2c(c1)OCO2. The van der Waals surface area contributed by atoms with Gasteiger partial charge in [-0.05, 0) is 30.0 Å². The largest absolute Gasteiger partial charge is 0.454 e. The predicted molar refractivity (Wildman–Crippen MR) is 93.5 cm³/mol. The van der Waals surface area contributed by atoms with Crippen molar-refractivity contribution in [3.63, 3.8) is 0 Å². The van der Waals surface area contributed by atoms with E-state index < -0.39 is 0 Å². The molecule has 1 saturated carbocycles. The first kappa shape index (κ1) is 17.6. The lowest BCUT2D eigenvalue weighted by atomic mass is 9.84. The Kier molecular flexibility index (Phi) is 4.88. The fourth-order valence-corrected chi connectivity index (χ4v) is 2.95. The van der Waals surface area contributed by atoms with Crippen LogP contribution in [0, 0.1) is 11.8 Å². The van der Waals surface area contributed by atoms with Gasteiger partial charge in [-0.3, -0.25) is 9.59 Å². The number of hydrogen-bond acceptors (Lipinski definition) is 4. The molecule has 1 heterocycles. The summed E-state index contributed by atoms with van der Waals surface area (Å²) >= 11 is 0. The van der Waals surface area contributed by atoms with Crippen LogP contribution in [-0.2, 0) is 15.0 Å². The highest BCUT2D eigenvalue weighted by Gasteiger charge is 2.38. The number of fused-ring (bicyclic) bond motifs is 1. The Morgan fingerprint density at radius 2 is 1.92 bits per heavy atom. The maximum Gasteiger partial charge on any atom is 0.231 e.